The highest BCUT2D eigenvalue weighted by atomic mass is 16.1. The second-order valence-electron chi connectivity index (χ2n) is 4.86. The molecule has 2 heterocycles. The molecule has 1 amide bonds. The lowest BCUT2D eigenvalue weighted by molar-refractivity contribution is -0.114. The molecule has 3 rings (SSSR count). The van der Waals surface area contributed by atoms with Gasteiger partial charge in [0.15, 0.2) is 0 Å². The number of hydrogen-bond acceptors (Lipinski definition) is 5. The fraction of sp³-hybridized carbons (Fsp3) is 0.0588. The van der Waals surface area contributed by atoms with Crippen molar-refractivity contribution in [1.82, 2.24) is 15.0 Å². The van der Waals surface area contributed by atoms with Gasteiger partial charge in [-0.05, 0) is 42.5 Å². The van der Waals surface area contributed by atoms with Crippen molar-refractivity contribution in [2.75, 3.05) is 10.6 Å². The average molecular weight is 305 g/mol. The zero-order valence-electron chi connectivity index (χ0n) is 12.5. The Balaban J connectivity index is 1.77. The summed E-state index contributed by atoms with van der Waals surface area (Å²) in [5.74, 6) is 0.387. The van der Waals surface area contributed by atoms with Gasteiger partial charge in [-0.1, -0.05) is 6.07 Å². The summed E-state index contributed by atoms with van der Waals surface area (Å²) >= 11 is 0. The maximum atomic E-state index is 11.0. The molecule has 6 heteroatoms. The van der Waals surface area contributed by atoms with Crippen molar-refractivity contribution in [2.45, 2.75) is 6.92 Å². The molecule has 0 saturated carbocycles. The normalized spacial score (nSPS) is 10.1. The summed E-state index contributed by atoms with van der Waals surface area (Å²) in [6.07, 6.45) is 3.41. The van der Waals surface area contributed by atoms with E-state index < -0.39 is 0 Å². The van der Waals surface area contributed by atoms with Gasteiger partial charge in [-0.3, -0.25) is 9.78 Å². The molecule has 3 aromatic rings. The highest BCUT2D eigenvalue weighted by molar-refractivity contribution is 5.88. The van der Waals surface area contributed by atoms with Gasteiger partial charge in [0.1, 0.15) is 0 Å². The first kappa shape index (κ1) is 14.6. The number of carbonyl (C=O) groups is 1. The quantitative estimate of drug-likeness (QED) is 0.773. The number of benzene rings is 1. The van der Waals surface area contributed by atoms with E-state index in [0.717, 1.165) is 22.8 Å². The maximum Gasteiger partial charge on any atom is 0.227 e. The van der Waals surface area contributed by atoms with Crippen LogP contribution in [-0.2, 0) is 4.79 Å². The fourth-order valence-corrected chi connectivity index (χ4v) is 2.05. The Bertz CT molecular complexity index is 803. The predicted molar refractivity (Wildman–Crippen MR) is 89.3 cm³/mol. The molecule has 23 heavy (non-hydrogen) atoms. The van der Waals surface area contributed by atoms with E-state index >= 15 is 0 Å². The summed E-state index contributed by atoms with van der Waals surface area (Å²) in [5.41, 5.74) is 3.11. The molecule has 0 aliphatic rings. The number of carbonyl (C=O) groups excluding carboxylic acids is 1. The Kier molecular flexibility index (Phi) is 4.24. The lowest BCUT2D eigenvalue weighted by Gasteiger charge is -2.07. The summed E-state index contributed by atoms with van der Waals surface area (Å²) in [6, 6.07) is 14.8. The molecule has 0 aliphatic heterocycles. The van der Waals surface area contributed by atoms with Gasteiger partial charge < -0.3 is 10.6 Å². The molecule has 0 saturated heterocycles. The highest BCUT2D eigenvalue weighted by Crippen LogP contribution is 2.19. The SMILES string of the molecule is CC(=O)Nc1ccc(Nc2nccc(-c3ccccn3)n2)cc1. The van der Waals surface area contributed by atoms with Crippen LogP contribution in [0.4, 0.5) is 17.3 Å². The third-order valence-corrected chi connectivity index (χ3v) is 3.04. The number of pyridine rings is 1. The number of amides is 1. The fourth-order valence-electron chi connectivity index (χ4n) is 2.05. The van der Waals surface area contributed by atoms with E-state index in [2.05, 4.69) is 25.6 Å². The third-order valence-electron chi connectivity index (χ3n) is 3.04. The largest absolute Gasteiger partial charge is 0.326 e. The molecular weight excluding hydrogens is 290 g/mol. The van der Waals surface area contributed by atoms with E-state index in [1.54, 1.807) is 12.4 Å². The van der Waals surface area contributed by atoms with E-state index in [1.165, 1.54) is 6.92 Å². The topological polar surface area (TPSA) is 79.8 Å². The Morgan fingerprint density at radius 3 is 2.35 bits per heavy atom. The Morgan fingerprint density at radius 2 is 1.65 bits per heavy atom. The molecule has 1 aromatic carbocycles. The maximum absolute atomic E-state index is 11.0. The molecular formula is C17H15N5O. The van der Waals surface area contributed by atoms with Crippen LogP contribution in [0.15, 0.2) is 60.9 Å². The molecule has 0 spiro atoms. The summed E-state index contributed by atoms with van der Waals surface area (Å²) < 4.78 is 0. The van der Waals surface area contributed by atoms with Crippen LogP contribution in [0.2, 0.25) is 0 Å². The molecule has 2 aromatic heterocycles. The van der Waals surface area contributed by atoms with Crippen LogP contribution in [0.3, 0.4) is 0 Å². The van der Waals surface area contributed by atoms with Gasteiger partial charge in [0.25, 0.3) is 0 Å². The molecule has 2 N–H and O–H groups in total. The molecule has 0 fully saturated rings. The van der Waals surface area contributed by atoms with Crippen molar-refractivity contribution in [3.63, 3.8) is 0 Å². The van der Waals surface area contributed by atoms with E-state index in [-0.39, 0.29) is 5.91 Å². The molecule has 0 aliphatic carbocycles. The predicted octanol–water partition coefficient (Wildman–Crippen LogP) is 3.24. The summed E-state index contributed by atoms with van der Waals surface area (Å²) in [5, 5.41) is 5.85. The second kappa shape index (κ2) is 6.65. The minimum atomic E-state index is -0.0999. The zero-order valence-corrected chi connectivity index (χ0v) is 12.5. The van der Waals surface area contributed by atoms with Crippen LogP contribution in [0.1, 0.15) is 6.92 Å². The number of aromatic nitrogens is 3. The molecule has 114 valence electrons. The molecule has 0 radical (unpaired) electrons. The number of nitrogens with zero attached hydrogens (tertiary/aromatic N) is 3. The van der Waals surface area contributed by atoms with Crippen LogP contribution in [-0.4, -0.2) is 20.9 Å². The van der Waals surface area contributed by atoms with E-state index in [4.69, 9.17) is 0 Å². The molecule has 0 unspecified atom stereocenters. The van der Waals surface area contributed by atoms with Crippen molar-refractivity contribution >= 4 is 23.2 Å². The molecule has 6 nitrogen and oxygen atoms in total. The Morgan fingerprint density at radius 1 is 0.870 bits per heavy atom. The van der Waals surface area contributed by atoms with Crippen LogP contribution >= 0.6 is 0 Å². The van der Waals surface area contributed by atoms with Crippen LogP contribution in [0, 0.1) is 0 Å². The van der Waals surface area contributed by atoms with Crippen molar-refractivity contribution in [1.29, 1.82) is 0 Å². The monoisotopic (exact) mass is 305 g/mol. The average Bonchev–Trinajstić information content (AvgIpc) is 2.57. The van der Waals surface area contributed by atoms with E-state index in [1.807, 2.05) is 48.5 Å². The standard InChI is InChI=1S/C17H15N5O/c1-12(23)20-13-5-7-14(8-6-13)21-17-19-11-9-16(22-17)15-4-2-3-10-18-15/h2-11H,1H3,(H,20,23)(H,19,21,22). The third kappa shape index (κ3) is 3.88. The first-order chi connectivity index (χ1) is 11.2. The highest BCUT2D eigenvalue weighted by Gasteiger charge is 2.03. The van der Waals surface area contributed by atoms with Crippen LogP contribution in [0.25, 0.3) is 11.4 Å². The van der Waals surface area contributed by atoms with Gasteiger partial charge in [0, 0.05) is 30.7 Å². The van der Waals surface area contributed by atoms with Gasteiger partial charge in [0.05, 0.1) is 11.4 Å². The minimum absolute atomic E-state index is 0.0999. The van der Waals surface area contributed by atoms with Gasteiger partial charge in [-0.15, -0.1) is 0 Å². The first-order valence-corrected chi connectivity index (χ1v) is 7.10. The number of nitrogens with one attached hydrogen (secondary N) is 2. The van der Waals surface area contributed by atoms with Gasteiger partial charge in [-0.2, -0.15) is 0 Å². The summed E-state index contributed by atoms with van der Waals surface area (Å²) in [6.45, 7) is 1.48. The number of anilines is 3. The number of rotatable bonds is 4. The summed E-state index contributed by atoms with van der Waals surface area (Å²) in [7, 11) is 0. The van der Waals surface area contributed by atoms with E-state index in [9.17, 15) is 4.79 Å². The lowest BCUT2D eigenvalue weighted by Crippen LogP contribution is -2.05. The second-order valence-corrected chi connectivity index (χ2v) is 4.86. The van der Waals surface area contributed by atoms with Crippen molar-refractivity contribution in [3.05, 3.63) is 60.9 Å². The Hall–Kier alpha value is -3.28. The first-order valence-electron chi connectivity index (χ1n) is 7.10. The zero-order chi connectivity index (χ0) is 16.1. The van der Waals surface area contributed by atoms with Gasteiger partial charge in [-0.25, -0.2) is 9.97 Å². The van der Waals surface area contributed by atoms with Crippen LogP contribution in [0.5, 0.6) is 0 Å². The number of hydrogen-bond donors (Lipinski definition) is 2. The smallest absolute Gasteiger partial charge is 0.227 e. The van der Waals surface area contributed by atoms with Crippen LogP contribution < -0.4 is 10.6 Å². The lowest BCUT2D eigenvalue weighted by atomic mass is 10.2. The van der Waals surface area contributed by atoms with E-state index in [0.29, 0.717) is 5.95 Å². The molecule has 0 bridgehead atoms. The Labute approximate surface area is 133 Å². The van der Waals surface area contributed by atoms with Gasteiger partial charge in [0.2, 0.25) is 11.9 Å². The van der Waals surface area contributed by atoms with Crippen molar-refractivity contribution in [2.24, 2.45) is 0 Å². The summed E-state index contributed by atoms with van der Waals surface area (Å²) in [4.78, 5) is 24.0. The molecule has 0 atom stereocenters. The van der Waals surface area contributed by atoms with Crippen molar-refractivity contribution < 1.29 is 4.79 Å². The minimum Gasteiger partial charge on any atom is -0.326 e. The van der Waals surface area contributed by atoms with Crippen molar-refractivity contribution in [3.8, 4) is 11.4 Å². The van der Waals surface area contributed by atoms with Gasteiger partial charge >= 0.3 is 0 Å².